The normalized spacial score (nSPS) is 19.0. The SMILES string of the molecule is O=C(c1ccc(N2CCN(Cc3ccc4c(c3)OCO4)CC2)nc1)N1CCCC1. The molecule has 3 aliphatic heterocycles. The van der Waals surface area contributed by atoms with Gasteiger partial charge in [0.25, 0.3) is 5.91 Å². The van der Waals surface area contributed by atoms with Crippen molar-refractivity contribution in [3.05, 3.63) is 47.7 Å². The van der Waals surface area contributed by atoms with Crippen molar-refractivity contribution in [2.75, 3.05) is 51.0 Å². The van der Waals surface area contributed by atoms with E-state index in [1.807, 2.05) is 23.1 Å². The van der Waals surface area contributed by atoms with Gasteiger partial charge in [-0.1, -0.05) is 6.07 Å². The summed E-state index contributed by atoms with van der Waals surface area (Å²) in [5.41, 5.74) is 1.93. The van der Waals surface area contributed by atoms with Crippen molar-refractivity contribution in [2.24, 2.45) is 0 Å². The molecule has 7 nitrogen and oxygen atoms in total. The van der Waals surface area contributed by atoms with Crippen molar-refractivity contribution in [3.8, 4) is 11.5 Å². The van der Waals surface area contributed by atoms with Crippen LogP contribution in [0.3, 0.4) is 0 Å². The number of rotatable bonds is 4. The number of fused-ring (bicyclic) bond motifs is 1. The van der Waals surface area contributed by atoms with E-state index in [1.165, 1.54) is 5.56 Å². The molecule has 2 saturated heterocycles. The molecule has 0 N–H and O–H groups in total. The van der Waals surface area contributed by atoms with Crippen LogP contribution in [0.5, 0.6) is 11.5 Å². The molecule has 0 atom stereocenters. The maximum atomic E-state index is 12.5. The zero-order chi connectivity index (χ0) is 19.6. The van der Waals surface area contributed by atoms with Crippen LogP contribution in [-0.4, -0.2) is 66.8 Å². The van der Waals surface area contributed by atoms with E-state index in [1.54, 1.807) is 6.20 Å². The Bertz CT molecular complexity index is 872. The minimum Gasteiger partial charge on any atom is -0.454 e. The van der Waals surface area contributed by atoms with E-state index < -0.39 is 0 Å². The Hall–Kier alpha value is -2.80. The number of benzene rings is 1. The molecule has 2 aromatic rings. The van der Waals surface area contributed by atoms with Gasteiger partial charge >= 0.3 is 0 Å². The van der Waals surface area contributed by atoms with Gasteiger partial charge in [0.15, 0.2) is 11.5 Å². The van der Waals surface area contributed by atoms with Crippen molar-refractivity contribution >= 4 is 11.7 Å². The lowest BCUT2D eigenvalue weighted by Crippen LogP contribution is -2.46. The first-order chi connectivity index (χ1) is 14.3. The van der Waals surface area contributed by atoms with Crippen LogP contribution < -0.4 is 14.4 Å². The van der Waals surface area contributed by atoms with Crippen molar-refractivity contribution in [1.82, 2.24) is 14.8 Å². The van der Waals surface area contributed by atoms with E-state index in [2.05, 4.69) is 26.9 Å². The third-order valence-electron chi connectivity index (χ3n) is 5.93. The van der Waals surface area contributed by atoms with Gasteiger partial charge in [-0.15, -0.1) is 0 Å². The first-order valence-electron chi connectivity index (χ1n) is 10.4. The summed E-state index contributed by atoms with van der Waals surface area (Å²) in [6.45, 7) is 6.76. The molecular weight excluding hydrogens is 368 g/mol. The van der Waals surface area contributed by atoms with Crippen molar-refractivity contribution in [2.45, 2.75) is 19.4 Å². The lowest BCUT2D eigenvalue weighted by Gasteiger charge is -2.35. The van der Waals surface area contributed by atoms with E-state index in [-0.39, 0.29) is 5.91 Å². The number of nitrogens with zero attached hydrogens (tertiary/aromatic N) is 4. The van der Waals surface area contributed by atoms with Crippen LogP contribution in [-0.2, 0) is 6.54 Å². The number of aromatic nitrogens is 1. The lowest BCUT2D eigenvalue weighted by molar-refractivity contribution is 0.0792. The van der Waals surface area contributed by atoms with Crippen LogP contribution in [0.4, 0.5) is 5.82 Å². The third kappa shape index (κ3) is 3.87. The van der Waals surface area contributed by atoms with E-state index in [0.29, 0.717) is 12.4 Å². The van der Waals surface area contributed by atoms with Gasteiger partial charge < -0.3 is 19.3 Å². The molecule has 2 fully saturated rings. The van der Waals surface area contributed by atoms with Crippen LogP contribution in [0.2, 0.25) is 0 Å². The van der Waals surface area contributed by atoms with Crippen LogP contribution in [0.25, 0.3) is 0 Å². The summed E-state index contributed by atoms with van der Waals surface area (Å²) in [5, 5.41) is 0. The summed E-state index contributed by atoms with van der Waals surface area (Å²) in [6, 6.07) is 10.1. The topological polar surface area (TPSA) is 58.1 Å². The quantitative estimate of drug-likeness (QED) is 0.794. The molecule has 152 valence electrons. The largest absolute Gasteiger partial charge is 0.454 e. The number of pyridine rings is 1. The molecule has 1 aromatic heterocycles. The van der Waals surface area contributed by atoms with Gasteiger partial charge in [-0.2, -0.15) is 0 Å². The monoisotopic (exact) mass is 394 g/mol. The number of hydrogen-bond acceptors (Lipinski definition) is 6. The Kier molecular flexibility index (Phi) is 4.97. The van der Waals surface area contributed by atoms with Crippen molar-refractivity contribution < 1.29 is 14.3 Å². The van der Waals surface area contributed by atoms with Crippen LogP contribution >= 0.6 is 0 Å². The average molecular weight is 394 g/mol. The average Bonchev–Trinajstić information content (AvgIpc) is 3.46. The number of piperazine rings is 1. The first kappa shape index (κ1) is 18.2. The van der Waals surface area contributed by atoms with Gasteiger partial charge in [0.1, 0.15) is 5.82 Å². The van der Waals surface area contributed by atoms with Gasteiger partial charge in [0, 0.05) is 52.0 Å². The highest BCUT2D eigenvalue weighted by Crippen LogP contribution is 2.33. The Balaban J connectivity index is 1.16. The van der Waals surface area contributed by atoms with Crippen LogP contribution in [0, 0.1) is 0 Å². The van der Waals surface area contributed by atoms with Gasteiger partial charge in [-0.3, -0.25) is 9.69 Å². The molecule has 0 unspecified atom stereocenters. The van der Waals surface area contributed by atoms with E-state index in [0.717, 1.165) is 76.0 Å². The summed E-state index contributed by atoms with van der Waals surface area (Å²) in [7, 11) is 0. The Morgan fingerprint density at radius 1 is 0.931 bits per heavy atom. The molecule has 29 heavy (non-hydrogen) atoms. The molecule has 0 bridgehead atoms. The second-order valence-corrected chi connectivity index (χ2v) is 7.86. The maximum absolute atomic E-state index is 12.5. The number of carbonyl (C=O) groups excluding carboxylic acids is 1. The molecular formula is C22H26N4O3. The number of likely N-dealkylation sites (tertiary alicyclic amines) is 1. The number of anilines is 1. The van der Waals surface area contributed by atoms with Gasteiger partial charge in [-0.25, -0.2) is 4.98 Å². The number of hydrogen-bond donors (Lipinski definition) is 0. The molecule has 5 rings (SSSR count). The predicted octanol–water partition coefficient (Wildman–Crippen LogP) is 2.37. The highest BCUT2D eigenvalue weighted by Gasteiger charge is 2.22. The summed E-state index contributed by atoms with van der Waals surface area (Å²) >= 11 is 0. The molecule has 4 heterocycles. The Morgan fingerprint density at radius 3 is 2.48 bits per heavy atom. The minimum atomic E-state index is 0.107. The van der Waals surface area contributed by atoms with Crippen LogP contribution in [0.15, 0.2) is 36.5 Å². The number of ether oxygens (including phenoxy) is 2. The molecule has 0 radical (unpaired) electrons. The maximum Gasteiger partial charge on any atom is 0.255 e. The number of carbonyl (C=O) groups is 1. The standard InChI is InChI=1S/C22H26N4O3/c27-22(26-7-1-2-8-26)18-4-6-21(23-14-18)25-11-9-24(10-12-25)15-17-3-5-19-20(13-17)29-16-28-19/h3-6,13-14H,1-2,7-12,15-16H2. The third-order valence-corrected chi connectivity index (χ3v) is 5.93. The molecule has 1 amide bonds. The van der Waals surface area contributed by atoms with Gasteiger partial charge in [0.05, 0.1) is 5.56 Å². The fraction of sp³-hybridized carbons (Fsp3) is 0.455. The lowest BCUT2D eigenvalue weighted by atomic mass is 10.1. The van der Waals surface area contributed by atoms with Gasteiger partial charge in [-0.05, 0) is 42.7 Å². The molecule has 0 saturated carbocycles. The second kappa shape index (κ2) is 7.91. The molecule has 7 heteroatoms. The zero-order valence-electron chi connectivity index (χ0n) is 16.5. The number of amides is 1. The molecule has 1 aromatic carbocycles. The molecule has 3 aliphatic rings. The second-order valence-electron chi connectivity index (χ2n) is 7.86. The predicted molar refractivity (Wildman–Crippen MR) is 109 cm³/mol. The highest BCUT2D eigenvalue weighted by atomic mass is 16.7. The Morgan fingerprint density at radius 2 is 1.72 bits per heavy atom. The molecule has 0 aliphatic carbocycles. The fourth-order valence-corrected chi connectivity index (χ4v) is 4.24. The van der Waals surface area contributed by atoms with Crippen molar-refractivity contribution in [3.63, 3.8) is 0 Å². The fourth-order valence-electron chi connectivity index (χ4n) is 4.24. The minimum absolute atomic E-state index is 0.107. The zero-order valence-corrected chi connectivity index (χ0v) is 16.5. The first-order valence-corrected chi connectivity index (χ1v) is 10.4. The smallest absolute Gasteiger partial charge is 0.255 e. The highest BCUT2D eigenvalue weighted by molar-refractivity contribution is 5.94. The van der Waals surface area contributed by atoms with Gasteiger partial charge in [0.2, 0.25) is 6.79 Å². The van der Waals surface area contributed by atoms with Crippen LogP contribution in [0.1, 0.15) is 28.8 Å². The van der Waals surface area contributed by atoms with E-state index in [4.69, 9.17) is 9.47 Å². The van der Waals surface area contributed by atoms with Crippen molar-refractivity contribution in [1.29, 1.82) is 0 Å². The van der Waals surface area contributed by atoms with E-state index >= 15 is 0 Å². The summed E-state index contributed by atoms with van der Waals surface area (Å²) < 4.78 is 10.9. The Labute approximate surface area is 170 Å². The molecule has 0 spiro atoms. The summed E-state index contributed by atoms with van der Waals surface area (Å²) in [4.78, 5) is 23.7. The summed E-state index contributed by atoms with van der Waals surface area (Å²) in [6.07, 6.45) is 3.94. The van der Waals surface area contributed by atoms with E-state index in [9.17, 15) is 4.79 Å². The summed E-state index contributed by atoms with van der Waals surface area (Å²) in [5.74, 6) is 2.73.